The van der Waals surface area contributed by atoms with E-state index >= 15 is 0 Å². The molecule has 0 aliphatic heterocycles. The second-order valence-corrected chi connectivity index (χ2v) is 4.00. The van der Waals surface area contributed by atoms with Crippen molar-refractivity contribution in [2.75, 3.05) is 6.61 Å². The van der Waals surface area contributed by atoms with E-state index in [-0.39, 0.29) is 17.9 Å². The van der Waals surface area contributed by atoms with E-state index in [1.54, 1.807) is 6.92 Å². The van der Waals surface area contributed by atoms with Gasteiger partial charge < -0.3 is 9.47 Å². The third-order valence-corrected chi connectivity index (χ3v) is 2.52. The zero-order chi connectivity index (χ0) is 16.3. The van der Waals surface area contributed by atoms with Crippen LogP contribution >= 0.6 is 0 Å². The van der Waals surface area contributed by atoms with Crippen molar-refractivity contribution in [1.29, 1.82) is 0 Å². The average molecular weight is 315 g/mol. The lowest BCUT2D eigenvalue weighted by Crippen LogP contribution is -2.05. The van der Waals surface area contributed by atoms with Gasteiger partial charge in [0.2, 0.25) is 17.4 Å². The second-order valence-electron chi connectivity index (χ2n) is 4.00. The number of carbonyl (C=O) groups excluding carboxylic acids is 1. The number of benzene rings is 1. The van der Waals surface area contributed by atoms with Gasteiger partial charge in [-0.05, 0) is 25.1 Å². The van der Waals surface area contributed by atoms with E-state index in [1.807, 2.05) is 0 Å². The summed E-state index contributed by atoms with van der Waals surface area (Å²) >= 11 is 0. The van der Waals surface area contributed by atoms with E-state index in [2.05, 4.69) is 4.98 Å². The zero-order valence-electron chi connectivity index (χ0n) is 11.2. The minimum atomic E-state index is -1.84. The van der Waals surface area contributed by atoms with Gasteiger partial charge in [-0.15, -0.1) is 0 Å². The van der Waals surface area contributed by atoms with Crippen molar-refractivity contribution in [3.8, 4) is 11.5 Å². The SMILES string of the molecule is CCOC(=O)c1cccc(Oc2c(F)c(F)nc(F)c2F)c1. The van der Waals surface area contributed by atoms with E-state index < -0.39 is 35.2 Å². The Balaban J connectivity index is 2.36. The Labute approximate surface area is 122 Å². The van der Waals surface area contributed by atoms with Gasteiger partial charge in [-0.1, -0.05) is 6.07 Å². The minimum Gasteiger partial charge on any atom is -0.462 e. The number of hydrogen-bond donors (Lipinski definition) is 0. The van der Waals surface area contributed by atoms with Crippen LogP contribution in [-0.2, 0) is 4.74 Å². The number of pyridine rings is 1. The van der Waals surface area contributed by atoms with Crippen molar-refractivity contribution < 1.29 is 31.8 Å². The smallest absolute Gasteiger partial charge is 0.338 e. The lowest BCUT2D eigenvalue weighted by molar-refractivity contribution is 0.0526. The number of aromatic nitrogens is 1. The Morgan fingerprint density at radius 2 is 1.77 bits per heavy atom. The molecule has 0 saturated carbocycles. The molecule has 0 atom stereocenters. The third-order valence-electron chi connectivity index (χ3n) is 2.52. The van der Waals surface area contributed by atoms with Crippen LogP contribution in [-0.4, -0.2) is 17.6 Å². The standard InChI is InChI=1S/C14H9F4NO3/c1-2-21-14(20)7-4-3-5-8(6-7)22-11-9(15)12(17)19-13(18)10(11)16/h3-6H,2H2,1H3. The summed E-state index contributed by atoms with van der Waals surface area (Å²) in [6.07, 6.45) is 0. The van der Waals surface area contributed by atoms with E-state index in [0.29, 0.717) is 0 Å². The van der Waals surface area contributed by atoms with E-state index in [4.69, 9.17) is 9.47 Å². The summed E-state index contributed by atoms with van der Waals surface area (Å²) in [5, 5.41) is 0. The molecule has 0 spiro atoms. The van der Waals surface area contributed by atoms with E-state index in [1.165, 1.54) is 18.2 Å². The Kier molecular flexibility index (Phi) is 4.59. The molecule has 1 aromatic carbocycles. The highest BCUT2D eigenvalue weighted by atomic mass is 19.2. The first-order valence-corrected chi connectivity index (χ1v) is 6.09. The van der Waals surface area contributed by atoms with Gasteiger partial charge in [0.1, 0.15) is 5.75 Å². The van der Waals surface area contributed by atoms with Gasteiger partial charge in [0.15, 0.2) is 0 Å². The Morgan fingerprint density at radius 3 is 2.36 bits per heavy atom. The van der Waals surface area contributed by atoms with Crippen LogP contribution in [0.4, 0.5) is 17.6 Å². The molecule has 0 bridgehead atoms. The van der Waals surface area contributed by atoms with Gasteiger partial charge >= 0.3 is 5.97 Å². The van der Waals surface area contributed by atoms with Gasteiger partial charge in [-0.3, -0.25) is 0 Å². The second kappa shape index (κ2) is 6.42. The minimum absolute atomic E-state index is 0.0511. The molecule has 0 unspecified atom stereocenters. The lowest BCUT2D eigenvalue weighted by atomic mass is 10.2. The first-order valence-electron chi connectivity index (χ1n) is 6.09. The predicted octanol–water partition coefficient (Wildman–Crippen LogP) is 3.61. The molecule has 4 nitrogen and oxygen atoms in total. The summed E-state index contributed by atoms with van der Waals surface area (Å²) in [6.45, 7) is 1.74. The molecule has 2 rings (SSSR count). The first-order chi connectivity index (χ1) is 10.4. The Bertz CT molecular complexity index is 695. The van der Waals surface area contributed by atoms with E-state index in [0.717, 1.165) is 6.07 Å². The molecular weight excluding hydrogens is 306 g/mol. The fraction of sp³-hybridized carbons (Fsp3) is 0.143. The summed E-state index contributed by atoms with van der Waals surface area (Å²) < 4.78 is 62.4. The number of halogens is 4. The number of ether oxygens (including phenoxy) is 2. The summed E-state index contributed by atoms with van der Waals surface area (Å²) in [5.41, 5.74) is 0.0511. The molecule has 0 radical (unpaired) electrons. The van der Waals surface area contributed by atoms with Crippen LogP contribution in [0.5, 0.6) is 11.5 Å². The summed E-state index contributed by atoms with van der Waals surface area (Å²) in [6, 6.07) is 5.10. The van der Waals surface area contributed by atoms with Crippen LogP contribution in [0.2, 0.25) is 0 Å². The van der Waals surface area contributed by atoms with Crippen LogP contribution < -0.4 is 4.74 Å². The molecule has 0 amide bonds. The van der Waals surface area contributed by atoms with Gasteiger partial charge in [0.05, 0.1) is 12.2 Å². The Morgan fingerprint density at radius 1 is 1.14 bits per heavy atom. The quantitative estimate of drug-likeness (QED) is 0.491. The summed E-state index contributed by atoms with van der Waals surface area (Å²) in [5.74, 6) is -9.40. The maximum Gasteiger partial charge on any atom is 0.338 e. The first kappa shape index (κ1) is 15.7. The van der Waals surface area contributed by atoms with Gasteiger partial charge in [0.25, 0.3) is 11.9 Å². The summed E-state index contributed by atoms with van der Waals surface area (Å²) in [7, 11) is 0. The van der Waals surface area contributed by atoms with Gasteiger partial charge in [-0.2, -0.15) is 22.5 Å². The van der Waals surface area contributed by atoms with Crippen LogP contribution in [0.25, 0.3) is 0 Å². The monoisotopic (exact) mass is 315 g/mol. The summed E-state index contributed by atoms with van der Waals surface area (Å²) in [4.78, 5) is 13.9. The number of rotatable bonds is 4. The fourth-order valence-corrected chi connectivity index (χ4v) is 1.58. The van der Waals surface area contributed by atoms with Crippen LogP contribution in [0.1, 0.15) is 17.3 Å². The van der Waals surface area contributed by atoms with E-state index in [9.17, 15) is 22.4 Å². The normalized spacial score (nSPS) is 10.4. The van der Waals surface area contributed by atoms with Crippen LogP contribution in [0, 0.1) is 23.5 Å². The number of hydrogen-bond acceptors (Lipinski definition) is 4. The van der Waals surface area contributed by atoms with Crippen molar-refractivity contribution in [1.82, 2.24) is 4.98 Å². The molecule has 0 aliphatic rings. The average Bonchev–Trinajstić information content (AvgIpc) is 2.50. The molecule has 22 heavy (non-hydrogen) atoms. The Hall–Kier alpha value is -2.64. The molecule has 2 aromatic rings. The molecule has 0 fully saturated rings. The molecule has 0 N–H and O–H groups in total. The maximum atomic E-state index is 13.4. The predicted molar refractivity (Wildman–Crippen MR) is 66.5 cm³/mol. The number of nitrogens with zero attached hydrogens (tertiary/aromatic N) is 1. The third kappa shape index (κ3) is 3.16. The van der Waals surface area contributed by atoms with Crippen LogP contribution in [0.15, 0.2) is 24.3 Å². The van der Waals surface area contributed by atoms with Gasteiger partial charge in [-0.25, -0.2) is 4.79 Å². The van der Waals surface area contributed by atoms with Crippen molar-refractivity contribution in [3.05, 3.63) is 53.4 Å². The molecule has 0 aliphatic carbocycles. The van der Waals surface area contributed by atoms with Crippen molar-refractivity contribution in [2.45, 2.75) is 6.92 Å². The lowest BCUT2D eigenvalue weighted by Gasteiger charge is -2.09. The molecular formula is C14H9F4NO3. The molecule has 1 heterocycles. The highest BCUT2D eigenvalue weighted by Crippen LogP contribution is 2.30. The maximum absolute atomic E-state index is 13.4. The van der Waals surface area contributed by atoms with Crippen molar-refractivity contribution in [2.24, 2.45) is 0 Å². The van der Waals surface area contributed by atoms with Crippen molar-refractivity contribution in [3.63, 3.8) is 0 Å². The number of carbonyl (C=O) groups is 1. The number of esters is 1. The fourth-order valence-electron chi connectivity index (χ4n) is 1.58. The van der Waals surface area contributed by atoms with Gasteiger partial charge in [0, 0.05) is 0 Å². The molecule has 116 valence electrons. The largest absolute Gasteiger partial charge is 0.462 e. The topological polar surface area (TPSA) is 48.4 Å². The highest BCUT2D eigenvalue weighted by molar-refractivity contribution is 5.89. The van der Waals surface area contributed by atoms with Crippen molar-refractivity contribution >= 4 is 5.97 Å². The molecule has 1 aromatic heterocycles. The highest BCUT2D eigenvalue weighted by Gasteiger charge is 2.23. The zero-order valence-corrected chi connectivity index (χ0v) is 11.2. The van der Waals surface area contributed by atoms with Crippen LogP contribution in [0.3, 0.4) is 0 Å². The molecule has 8 heteroatoms. The molecule has 0 saturated heterocycles.